The van der Waals surface area contributed by atoms with Crippen molar-refractivity contribution in [2.24, 2.45) is 17.8 Å². The summed E-state index contributed by atoms with van der Waals surface area (Å²) >= 11 is 0. The van der Waals surface area contributed by atoms with Gasteiger partial charge in [0.05, 0.1) is 5.39 Å². The summed E-state index contributed by atoms with van der Waals surface area (Å²) < 4.78 is 56.6. The first kappa shape index (κ1) is 23.8. The first-order chi connectivity index (χ1) is 16.4. The molecule has 2 fully saturated rings. The second-order valence-corrected chi connectivity index (χ2v) is 10.2. The topological polar surface area (TPSA) is 69.2 Å². The standard InChI is InChI=1S/C26H27F4N3O2/c1-13-6-16(18-4-5-31-23-21(18)20(28)10-32-23)7-19(27)22(13)26(35)14(2)11-33(12-15(26)3)24(34)17-8-25(29,30)9-17/h4-7,10,14-15,17,35H,8-9,11-12H2,1-3H3,(H,31,32)/t14-,15+,26?. The molecule has 5 nitrogen and oxygen atoms in total. The molecule has 0 bridgehead atoms. The molecule has 1 aliphatic heterocycles. The number of benzene rings is 1. The number of likely N-dealkylation sites (tertiary alicyclic amines) is 1. The number of alkyl halides is 2. The average molecular weight is 490 g/mol. The van der Waals surface area contributed by atoms with Gasteiger partial charge >= 0.3 is 0 Å². The predicted molar refractivity (Wildman–Crippen MR) is 123 cm³/mol. The van der Waals surface area contributed by atoms with Gasteiger partial charge < -0.3 is 15.0 Å². The number of hydrogen-bond acceptors (Lipinski definition) is 3. The quantitative estimate of drug-likeness (QED) is 0.499. The number of aryl methyl sites for hydroxylation is 1. The number of H-pyrrole nitrogens is 1. The van der Waals surface area contributed by atoms with Crippen molar-refractivity contribution in [1.29, 1.82) is 0 Å². The van der Waals surface area contributed by atoms with Gasteiger partial charge in [-0.15, -0.1) is 0 Å². The van der Waals surface area contributed by atoms with Gasteiger partial charge in [0.1, 0.15) is 17.1 Å². The molecule has 0 radical (unpaired) electrons. The lowest BCUT2D eigenvalue weighted by molar-refractivity contribution is -0.171. The van der Waals surface area contributed by atoms with Gasteiger partial charge in [0, 0.05) is 61.6 Å². The lowest BCUT2D eigenvalue weighted by Crippen LogP contribution is -2.58. The molecular formula is C26H27F4N3O2. The first-order valence-electron chi connectivity index (χ1n) is 11.7. The Balaban J connectivity index is 1.47. The summed E-state index contributed by atoms with van der Waals surface area (Å²) in [5, 5.41) is 12.1. The third-order valence-corrected chi connectivity index (χ3v) is 7.77. The highest BCUT2D eigenvalue weighted by Crippen LogP contribution is 2.47. The van der Waals surface area contributed by atoms with Gasteiger partial charge in [-0.05, 0) is 35.7 Å². The van der Waals surface area contributed by atoms with Crippen molar-refractivity contribution in [3.63, 3.8) is 0 Å². The summed E-state index contributed by atoms with van der Waals surface area (Å²) in [5.74, 6) is -6.03. The minimum Gasteiger partial charge on any atom is -0.384 e. The smallest absolute Gasteiger partial charge is 0.249 e. The summed E-state index contributed by atoms with van der Waals surface area (Å²) in [6.45, 7) is 5.45. The van der Waals surface area contributed by atoms with E-state index in [0.29, 0.717) is 22.3 Å². The monoisotopic (exact) mass is 489 g/mol. The molecular weight excluding hydrogens is 462 g/mol. The number of aliphatic hydroxyl groups is 1. The summed E-state index contributed by atoms with van der Waals surface area (Å²) in [4.78, 5) is 21.1. The largest absolute Gasteiger partial charge is 0.384 e. The van der Waals surface area contributed by atoms with Crippen LogP contribution in [0.1, 0.15) is 37.8 Å². The fraction of sp³-hybridized carbons (Fsp3) is 0.462. The van der Waals surface area contributed by atoms with Crippen LogP contribution in [-0.2, 0) is 10.4 Å². The highest BCUT2D eigenvalue weighted by atomic mass is 19.3. The normalized spacial score (nSPS) is 26.7. The maximum atomic E-state index is 15.7. The third kappa shape index (κ3) is 3.71. The molecule has 2 aliphatic rings. The Morgan fingerprint density at radius 2 is 1.80 bits per heavy atom. The van der Waals surface area contributed by atoms with Gasteiger partial charge in [0.2, 0.25) is 11.8 Å². The molecule has 2 aromatic heterocycles. The van der Waals surface area contributed by atoms with Crippen LogP contribution in [0.25, 0.3) is 22.2 Å². The number of amides is 1. The van der Waals surface area contributed by atoms with Gasteiger partial charge in [-0.1, -0.05) is 19.9 Å². The summed E-state index contributed by atoms with van der Waals surface area (Å²) in [7, 11) is 0. The maximum absolute atomic E-state index is 15.7. The van der Waals surface area contributed by atoms with Gasteiger partial charge in [0.15, 0.2) is 5.82 Å². The van der Waals surface area contributed by atoms with Crippen molar-refractivity contribution in [3.05, 3.63) is 53.4 Å². The number of aromatic amines is 1. The molecule has 0 spiro atoms. The molecule has 3 aromatic rings. The lowest BCUT2D eigenvalue weighted by Gasteiger charge is -2.50. The van der Waals surface area contributed by atoms with E-state index in [-0.39, 0.29) is 29.9 Å². The van der Waals surface area contributed by atoms with Crippen molar-refractivity contribution in [2.75, 3.05) is 13.1 Å². The molecule has 1 aliphatic carbocycles. The number of carbonyl (C=O) groups is 1. The van der Waals surface area contributed by atoms with Crippen molar-refractivity contribution in [3.8, 4) is 11.1 Å². The fourth-order valence-corrected chi connectivity index (χ4v) is 5.93. The Labute approximate surface area is 200 Å². The van der Waals surface area contributed by atoms with Crippen LogP contribution in [0.15, 0.2) is 30.6 Å². The van der Waals surface area contributed by atoms with Gasteiger partial charge in [-0.3, -0.25) is 4.79 Å². The number of aromatic nitrogens is 2. The van der Waals surface area contributed by atoms with E-state index in [0.717, 1.165) is 0 Å². The van der Waals surface area contributed by atoms with Crippen LogP contribution in [-0.4, -0.2) is 44.9 Å². The average Bonchev–Trinajstić information content (AvgIpc) is 3.15. The van der Waals surface area contributed by atoms with E-state index < -0.39 is 53.8 Å². The lowest BCUT2D eigenvalue weighted by atomic mass is 9.68. The molecule has 9 heteroatoms. The molecule has 1 saturated heterocycles. The number of hydrogen-bond donors (Lipinski definition) is 2. The second kappa shape index (κ2) is 8.05. The molecule has 3 atom stereocenters. The van der Waals surface area contributed by atoms with E-state index in [9.17, 15) is 23.1 Å². The number of carbonyl (C=O) groups excluding carboxylic acids is 1. The van der Waals surface area contributed by atoms with E-state index in [1.54, 1.807) is 32.9 Å². The summed E-state index contributed by atoms with van der Waals surface area (Å²) in [6, 6.07) is 4.61. The third-order valence-electron chi connectivity index (χ3n) is 7.77. The molecule has 1 amide bonds. The number of piperidine rings is 1. The van der Waals surface area contributed by atoms with E-state index >= 15 is 4.39 Å². The van der Waals surface area contributed by atoms with Crippen LogP contribution in [0.4, 0.5) is 17.6 Å². The molecule has 1 saturated carbocycles. The zero-order chi connectivity index (χ0) is 25.3. The number of rotatable bonds is 3. The minimum atomic E-state index is -2.79. The van der Waals surface area contributed by atoms with Crippen LogP contribution in [0.3, 0.4) is 0 Å². The predicted octanol–water partition coefficient (Wildman–Crippen LogP) is 5.16. The number of nitrogens with zero attached hydrogens (tertiary/aromatic N) is 2. The van der Waals surface area contributed by atoms with E-state index in [2.05, 4.69) is 9.97 Å². The van der Waals surface area contributed by atoms with Gasteiger partial charge in [0.25, 0.3) is 0 Å². The second-order valence-electron chi connectivity index (χ2n) is 10.2. The molecule has 186 valence electrons. The molecule has 35 heavy (non-hydrogen) atoms. The number of nitrogens with one attached hydrogen (secondary N) is 1. The zero-order valence-electron chi connectivity index (χ0n) is 19.7. The van der Waals surface area contributed by atoms with Crippen LogP contribution in [0.5, 0.6) is 0 Å². The molecule has 1 unspecified atom stereocenters. The fourth-order valence-electron chi connectivity index (χ4n) is 5.93. The molecule has 2 N–H and O–H groups in total. The molecule has 3 heterocycles. The van der Waals surface area contributed by atoms with Crippen molar-refractivity contribution in [2.45, 2.75) is 45.1 Å². The van der Waals surface area contributed by atoms with Crippen molar-refractivity contribution < 1.29 is 27.5 Å². The summed E-state index contributed by atoms with van der Waals surface area (Å²) in [6.07, 6.45) is 1.81. The minimum absolute atomic E-state index is 0.141. The van der Waals surface area contributed by atoms with Crippen molar-refractivity contribution in [1.82, 2.24) is 14.9 Å². The maximum Gasteiger partial charge on any atom is 0.249 e. The Morgan fingerprint density at radius 1 is 1.14 bits per heavy atom. The van der Waals surface area contributed by atoms with Crippen LogP contribution in [0, 0.1) is 36.3 Å². The molecule has 1 aromatic carbocycles. The highest BCUT2D eigenvalue weighted by molar-refractivity contribution is 5.93. The Hall–Kier alpha value is -2.94. The Morgan fingerprint density at radius 3 is 2.40 bits per heavy atom. The zero-order valence-corrected chi connectivity index (χ0v) is 19.7. The number of halogens is 4. The Bertz CT molecular complexity index is 1280. The van der Waals surface area contributed by atoms with Gasteiger partial charge in [-0.25, -0.2) is 22.5 Å². The van der Waals surface area contributed by atoms with Gasteiger partial charge in [-0.2, -0.15) is 0 Å². The molecule has 5 rings (SSSR count). The van der Waals surface area contributed by atoms with E-state index in [1.807, 2.05) is 0 Å². The van der Waals surface area contributed by atoms with Crippen LogP contribution < -0.4 is 0 Å². The van der Waals surface area contributed by atoms with E-state index in [4.69, 9.17) is 0 Å². The number of fused-ring (bicyclic) bond motifs is 1. The van der Waals surface area contributed by atoms with E-state index in [1.165, 1.54) is 23.4 Å². The van der Waals surface area contributed by atoms with Crippen molar-refractivity contribution >= 4 is 16.9 Å². The Kier molecular flexibility index (Phi) is 5.47. The number of pyridine rings is 1. The van der Waals surface area contributed by atoms with Crippen LogP contribution in [0.2, 0.25) is 0 Å². The van der Waals surface area contributed by atoms with Crippen LogP contribution >= 0.6 is 0 Å². The first-order valence-corrected chi connectivity index (χ1v) is 11.7. The summed E-state index contributed by atoms with van der Waals surface area (Å²) in [5.41, 5.74) is 0.360. The SMILES string of the molecule is Cc1cc(-c2ccnc3[nH]cc(F)c23)cc(F)c1C1(O)[C@H](C)CN(C(=O)C2CC(F)(F)C2)C[C@@H]1C. The highest BCUT2D eigenvalue weighted by Gasteiger charge is 2.53.